The number of methoxy groups -OCH3 is 1. The lowest BCUT2D eigenvalue weighted by molar-refractivity contribution is -0.149. The number of nitrogens with zero attached hydrogens (tertiary/aromatic N) is 3. The monoisotopic (exact) mass is 740 g/mol. The molecule has 5 aliphatic rings. The first-order valence-corrected chi connectivity index (χ1v) is 19.9. The van der Waals surface area contributed by atoms with Crippen LogP contribution in [0.5, 0.6) is 5.75 Å². The quantitative estimate of drug-likeness (QED) is 0.445. The summed E-state index contributed by atoms with van der Waals surface area (Å²) in [4.78, 5) is 32.1. The number of hydrogen-bond acceptors (Lipinski definition) is 8. The lowest BCUT2D eigenvalue weighted by Gasteiger charge is -2.46. The largest absolute Gasteiger partial charge is 0.490 e. The smallest absolute Gasteiger partial charge is 0.303 e. The fourth-order valence-electron chi connectivity index (χ4n) is 9.01. The van der Waals surface area contributed by atoms with Crippen LogP contribution in [0.1, 0.15) is 68.1 Å². The number of fused-ring (bicyclic) bond motifs is 5. The van der Waals surface area contributed by atoms with Crippen molar-refractivity contribution in [3.8, 4) is 5.75 Å². The summed E-state index contributed by atoms with van der Waals surface area (Å²) in [7, 11) is 0.0604. The average molecular weight is 741 g/mol. The Morgan fingerprint density at radius 2 is 1.96 bits per heavy atom. The number of carbonyl (C=O) groups excluding carboxylic acids is 2. The number of amides is 2. The zero-order valence-corrected chi connectivity index (χ0v) is 31.2. The molecule has 2 amide bonds. The zero-order chi connectivity index (χ0) is 36.1. The van der Waals surface area contributed by atoms with Gasteiger partial charge in [-0.15, -0.1) is 0 Å². The third-order valence-corrected chi connectivity index (χ3v) is 13.7. The highest BCUT2D eigenvalue weighted by molar-refractivity contribution is 7.87. The van der Waals surface area contributed by atoms with Crippen LogP contribution in [0.3, 0.4) is 0 Å². The lowest BCUT2D eigenvalue weighted by atomic mass is 9.68. The van der Waals surface area contributed by atoms with Gasteiger partial charge in [0.2, 0.25) is 5.91 Å². The summed E-state index contributed by atoms with van der Waals surface area (Å²) in [5, 5.41) is 13.1. The number of ether oxygens (including phenoxy) is 2. The first-order chi connectivity index (χ1) is 24.3. The molecule has 13 heteroatoms. The first kappa shape index (κ1) is 36.2. The summed E-state index contributed by atoms with van der Waals surface area (Å²) in [6.45, 7) is 2.24. The van der Waals surface area contributed by atoms with Crippen molar-refractivity contribution in [1.82, 2.24) is 13.9 Å². The Hall–Kier alpha value is -3.16. The molecule has 2 bridgehead atoms. The SMILES string of the molecule is CO[C@H]1/C=C/C[C@@H]2CCCN2C(=O)C[C@](O)(C(=O)NS(=O)(=O)N(C)C)c2ccc3c(c2)N(C[C@@H]2CC[C@H]21)C[C@@]1(CCCc2cc(Cl)ccc21)CO3. The number of rotatable bonds is 4. The standard InChI is InChI=1S/C38H49ClN4O7S/c1-41(2)51(47,48)40-36(45)38(46)21-35(44)43-18-6-9-29(43)8-4-10-33(49-3)30-14-11-26(30)22-42-23-37(24-50-34-16-12-27(38)20-32(34)42)17-5-7-25-19-28(39)13-15-31(25)37/h4,10,12-13,15-16,19-20,26,29-30,33,46H,5-9,11,14,17-18,21-24H2,1-3H3,(H,40,45)/b10-4+/t26-,29+,30+,33-,37-,38+/m0/s1. The van der Waals surface area contributed by atoms with Crippen molar-refractivity contribution < 1.29 is 32.6 Å². The van der Waals surface area contributed by atoms with Crippen molar-refractivity contribution in [3.63, 3.8) is 0 Å². The van der Waals surface area contributed by atoms with Crippen LogP contribution < -0.4 is 14.4 Å². The average Bonchev–Trinajstić information content (AvgIpc) is 3.50. The summed E-state index contributed by atoms with van der Waals surface area (Å²) in [5.74, 6) is -0.391. The van der Waals surface area contributed by atoms with E-state index in [0.29, 0.717) is 61.0 Å². The molecule has 7 rings (SSSR count). The van der Waals surface area contributed by atoms with Crippen LogP contribution in [-0.2, 0) is 42.0 Å². The summed E-state index contributed by atoms with van der Waals surface area (Å²) >= 11 is 6.46. The van der Waals surface area contributed by atoms with E-state index in [9.17, 15) is 23.1 Å². The van der Waals surface area contributed by atoms with Crippen molar-refractivity contribution in [2.24, 2.45) is 11.8 Å². The second-order valence-corrected chi connectivity index (χ2v) is 17.6. The minimum absolute atomic E-state index is 0.0600. The lowest BCUT2D eigenvalue weighted by Crippen LogP contribution is -2.52. The van der Waals surface area contributed by atoms with Crippen LogP contribution in [0.2, 0.25) is 5.02 Å². The Bertz CT molecular complexity index is 1820. The molecule has 0 unspecified atom stereocenters. The molecular formula is C38H49ClN4O7S. The van der Waals surface area contributed by atoms with Gasteiger partial charge in [-0.05, 0) is 104 Å². The van der Waals surface area contributed by atoms with Crippen LogP contribution in [-0.4, -0.2) is 94.1 Å². The molecule has 0 radical (unpaired) electrons. The van der Waals surface area contributed by atoms with Gasteiger partial charge in [0.25, 0.3) is 5.91 Å². The minimum Gasteiger partial charge on any atom is -0.490 e. The van der Waals surface area contributed by atoms with E-state index in [4.69, 9.17) is 21.1 Å². The van der Waals surface area contributed by atoms with Crippen molar-refractivity contribution in [2.75, 3.05) is 52.3 Å². The number of nitrogens with one attached hydrogen (secondary N) is 1. The summed E-state index contributed by atoms with van der Waals surface area (Å²) in [6.07, 6.45) is 10.7. The molecule has 11 nitrogen and oxygen atoms in total. The summed E-state index contributed by atoms with van der Waals surface area (Å²) in [5.41, 5.74) is 0.434. The minimum atomic E-state index is -4.28. The Kier molecular flexibility index (Phi) is 9.94. The van der Waals surface area contributed by atoms with Crippen LogP contribution in [0.4, 0.5) is 5.69 Å². The second-order valence-electron chi connectivity index (χ2n) is 15.3. The highest BCUT2D eigenvalue weighted by atomic mass is 35.5. The van der Waals surface area contributed by atoms with Crippen molar-refractivity contribution in [3.05, 3.63) is 70.3 Å². The van der Waals surface area contributed by atoms with Gasteiger partial charge in [-0.1, -0.05) is 35.9 Å². The Morgan fingerprint density at radius 3 is 2.71 bits per heavy atom. The molecule has 276 valence electrons. The van der Waals surface area contributed by atoms with Gasteiger partial charge in [0.05, 0.1) is 24.8 Å². The molecule has 51 heavy (non-hydrogen) atoms. The number of anilines is 1. The highest BCUT2D eigenvalue weighted by Crippen LogP contribution is 2.48. The van der Waals surface area contributed by atoms with Gasteiger partial charge in [-0.2, -0.15) is 12.7 Å². The van der Waals surface area contributed by atoms with Crippen molar-refractivity contribution in [1.29, 1.82) is 0 Å². The molecule has 2 fully saturated rings. The van der Waals surface area contributed by atoms with E-state index in [1.807, 2.05) is 10.8 Å². The van der Waals surface area contributed by atoms with Gasteiger partial charge in [-0.25, -0.2) is 4.72 Å². The normalized spacial score (nSPS) is 31.5. The summed E-state index contributed by atoms with van der Waals surface area (Å²) in [6, 6.07) is 11.1. The van der Waals surface area contributed by atoms with E-state index in [2.05, 4.69) is 29.2 Å². The third kappa shape index (κ3) is 6.78. The van der Waals surface area contributed by atoms with Gasteiger partial charge in [0.1, 0.15) is 5.75 Å². The van der Waals surface area contributed by atoms with E-state index in [1.165, 1.54) is 25.2 Å². The van der Waals surface area contributed by atoms with E-state index >= 15 is 0 Å². The van der Waals surface area contributed by atoms with Crippen LogP contribution in [0.25, 0.3) is 0 Å². The van der Waals surface area contributed by atoms with Crippen LogP contribution in [0.15, 0.2) is 48.6 Å². The number of benzene rings is 2. The van der Waals surface area contributed by atoms with Crippen molar-refractivity contribution >= 4 is 39.3 Å². The fourth-order valence-corrected chi connectivity index (χ4v) is 9.79. The number of carbonyl (C=O) groups is 2. The molecule has 3 heterocycles. The predicted molar refractivity (Wildman–Crippen MR) is 195 cm³/mol. The zero-order valence-electron chi connectivity index (χ0n) is 29.6. The molecule has 2 aromatic carbocycles. The topological polar surface area (TPSA) is 129 Å². The fraction of sp³-hybridized carbons (Fsp3) is 0.579. The van der Waals surface area contributed by atoms with Gasteiger partial charge in [0, 0.05) is 57.3 Å². The van der Waals surface area contributed by atoms with Crippen LogP contribution >= 0.6 is 11.6 Å². The molecule has 3 aliphatic heterocycles. The molecule has 2 aliphatic carbocycles. The number of aliphatic hydroxyl groups is 1. The predicted octanol–water partition coefficient (Wildman–Crippen LogP) is 4.31. The molecule has 1 saturated carbocycles. The number of halogens is 1. The number of hydrogen-bond donors (Lipinski definition) is 2. The maximum atomic E-state index is 14.1. The van der Waals surface area contributed by atoms with Gasteiger partial charge >= 0.3 is 10.2 Å². The van der Waals surface area contributed by atoms with Gasteiger partial charge in [-0.3, -0.25) is 9.59 Å². The highest BCUT2D eigenvalue weighted by Gasteiger charge is 2.48. The molecular weight excluding hydrogens is 692 g/mol. The molecule has 2 aromatic rings. The molecule has 6 atom stereocenters. The van der Waals surface area contributed by atoms with E-state index in [-0.39, 0.29) is 23.1 Å². The molecule has 2 N–H and O–H groups in total. The summed E-state index contributed by atoms with van der Waals surface area (Å²) < 4.78 is 41.4. The second kappa shape index (κ2) is 14.0. The van der Waals surface area contributed by atoms with E-state index < -0.39 is 34.0 Å². The Morgan fingerprint density at radius 1 is 1.14 bits per heavy atom. The molecule has 1 spiro atoms. The maximum Gasteiger partial charge on any atom is 0.303 e. The van der Waals surface area contributed by atoms with Crippen molar-refractivity contribution in [2.45, 2.75) is 80.9 Å². The van der Waals surface area contributed by atoms with E-state index in [0.717, 1.165) is 49.3 Å². The van der Waals surface area contributed by atoms with E-state index in [1.54, 1.807) is 30.2 Å². The first-order valence-electron chi connectivity index (χ1n) is 18.1. The van der Waals surface area contributed by atoms with Gasteiger partial charge < -0.3 is 24.4 Å². The maximum absolute atomic E-state index is 14.1. The van der Waals surface area contributed by atoms with Gasteiger partial charge in [0.15, 0.2) is 5.60 Å². The molecule has 1 saturated heterocycles. The Labute approximate surface area is 306 Å². The van der Waals surface area contributed by atoms with Crippen LogP contribution in [0, 0.1) is 11.8 Å². The third-order valence-electron chi connectivity index (χ3n) is 12.1. The number of aryl methyl sites for hydroxylation is 1. The molecule has 0 aromatic heterocycles. The Balaban J connectivity index is 1.36.